The van der Waals surface area contributed by atoms with Gasteiger partial charge in [0.2, 0.25) is 0 Å². The third kappa shape index (κ3) is 4.78. The van der Waals surface area contributed by atoms with E-state index in [9.17, 15) is 4.79 Å². The first kappa shape index (κ1) is 22.0. The van der Waals surface area contributed by atoms with E-state index in [1.165, 1.54) is 11.8 Å². The number of methoxy groups -OCH3 is 1. The lowest BCUT2D eigenvalue weighted by atomic mass is 10.1. The minimum atomic E-state index is -0.0915. The van der Waals surface area contributed by atoms with Crippen molar-refractivity contribution < 1.29 is 14.0 Å². The standard InChI is InChI=1S/C24H22ClN3O4S/c1-30-17-7-4-15(5-8-17)21-12-19(32-27-21)14-33-24-26-22-11-16(25)6-9-20(22)23(29)28(24)13-18-3-2-10-31-18/h4-9,11-12,18H,2-3,10,13-14H2,1H3. The molecule has 5 rings (SSSR count). The summed E-state index contributed by atoms with van der Waals surface area (Å²) < 4.78 is 18.2. The number of hydrogen-bond acceptors (Lipinski definition) is 7. The van der Waals surface area contributed by atoms with E-state index < -0.39 is 0 Å². The molecule has 0 bridgehead atoms. The Bertz CT molecular complexity index is 1330. The highest BCUT2D eigenvalue weighted by atomic mass is 35.5. The molecule has 1 aliphatic heterocycles. The van der Waals surface area contributed by atoms with Crippen molar-refractivity contribution in [2.24, 2.45) is 0 Å². The van der Waals surface area contributed by atoms with Gasteiger partial charge in [-0.15, -0.1) is 0 Å². The van der Waals surface area contributed by atoms with Gasteiger partial charge < -0.3 is 14.0 Å². The summed E-state index contributed by atoms with van der Waals surface area (Å²) >= 11 is 7.58. The van der Waals surface area contributed by atoms with Gasteiger partial charge >= 0.3 is 0 Å². The van der Waals surface area contributed by atoms with Crippen LogP contribution in [0.2, 0.25) is 5.02 Å². The van der Waals surface area contributed by atoms with Crippen molar-refractivity contribution in [3.63, 3.8) is 0 Å². The number of aromatic nitrogens is 3. The maximum Gasteiger partial charge on any atom is 0.262 e. The van der Waals surface area contributed by atoms with E-state index in [-0.39, 0.29) is 11.7 Å². The molecule has 1 atom stereocenters. The van der Waals surface area contributed by atoms with Gasteiger partial charge in [-0.25, -0.2) is 4.98 Å². The maximum absolute atomic E-state index is 13.3. The topological polar surface area (TPSA) is 79.4 Å². The molecular weight excluding hydrogens is 462 g/mol. The van der Waals surface area contributed by atoms with Crippen LogP contribution < -0.4 is 10.3 Å². The molecule has 1 fully saturated rings. The van der Waals surface area contributed by atoms with Crippen molar-refractivity contribution in [1.29, 1.82) is 0 Å². The minimum absolute atomic E-state index is 0.0144. The lowest BCUT2D eigenvalue weighted by Crippen LogP contribution is -2.28. The fourth-order valence-electron chi connectivity index (χ4n) is 3.85. The lowest BCUT2D eigenvalue weighted by Gasteiger charge is -2.16. The van der Waals surface area contributed by atoms with E-state index in [0.29, 0.717) is 39.1 Å². The highest BCUT2D eigenvalue weighted by Crippen LogP contribution is 2.28. The first-order valence-corrected chi connectivity index (χ1v) is 12.0. The van der Waals surface area contributed by atoms with Gasteiger partial charge in [-0.3, -0.25) is 9.36 Å². The number of thioether (sulfide) groups is 1. The zero-order valence-corrected chi connectivity index (χ0v) is 19.6. The van der Waals surface area contributed by atoms with Gasteiger partial charge in [-0.1, -0.05) is 28.5 Å². The van der Waals surface area contributed by atoms with Gasteiger partial charge in [0.05, 0.1) is 36.4 Å². The van der Waals surface area contributed by atoms with Crippen molar-refractivity contribution in [1.82, 2.24) is 14.7 Å². The van der Waals surface area contributed by atoms with E-state index in [2.05, 4.69) is 5.16 Å². The fourth-order valence-corrected chi connectivity index (χ4v) is 4.90. The molecule has 3 heterocycles. The Hall–Kier alpha value is -2.81. The second-order valence-electron chi connectivity index (χ2n) is 7.80. The monoisotopic (exact) mass is 483 g/mol. The van der Waals surface area contributed by atoms with Crippen LogP contribution in [-0.2, 0) is 17.0 Å². The molecular formula is C24H22ClN3O4S. The van der Waals surface area contributed by atoms with Gasteiger partial charge in [0.1, 0.15) is 17.2 Å². The van der Waals surface area contributed by atoms with Crippen molar-refractivity contribution in [3.8, 4) is 17.0 Å². The van der Waals surface area contributed by atoms with Gasteiger partial charge in [0, 0.05) is 23.3 Å². The predicted molar refractivity (Wildman–Crippen MR) is 128 cm³/mol. The Morgan fingerprint density at radius 2 is 2.06 bits per heavy atom. The van der Waals surface area contributed by atoms with Crippen LogP contribution in [0.4, 0.5) is 0 Å². The summed E-state index contributed by atoms with van der Waals surface area (Å²) in [6, 6.07) is 14.7. The highest BCUT2D eigenvalue weighted by Gasteiger charge is 2.21. The lowest BCUT2D eigenvalue weighted by molar-refractivity contribution is 0.0937. The van der Waals surface area contributed by atoms with E-state index in [1.54, 1.807) is 29.9 Å². The smallest absolute Gasteiger partial charge is 0.262 e. The molecule has 170 valence electrons. The molecule has 2 aromatic heterocycles. The summed E-state index contributed by atoms with van der Waals surface area (Å²) in [5.74, 6) is 1.95. The first-order valence-electron chi connectivity index (χ1n) is 10.7. The number of fused-ring (bicyclic) bond motifs is 1. The largest absolute Gasteiger partial charge is 0.497 e. The first-order chi connectivity index (χ1) is 16.1. The van der Waals surface area contributed by atoms with Crippen molar-refractivity contribution in [3.05, 3.63) is 69.7 Å². The van der Waals surface area contributed by atoms with Gasteiger partial charge in [0.15, 0.2) is 5.16 Å². The second kappa shape index (κ2) is 9.59. The van der Waals surface area contributed by atoms with Crippen LogP contribution in [0.3, 0.4) is 0 Å². The van der Waals surface area contributed by atoms with Crippen LogP contribution in [0.15, 0.2) is 63.0 Å². The van der Waals surface area contributed by atoms with Gasteiger partial charge in [-0.05, 0) is 55.3 Å². The summed E-state index contributed by atoms with van der Waals surface area (Å²) in [6.07, 6.45) is 1.95. The molecule has 0 N–H and O–H groups in total. The number of rotatable bonds is 7. The molecule has 0 radical (unpaired) electrons. The molecule has 9 heteroatoms. The van der Waals surface area contributed by atoms with E-state index in [4.69, 9.17) is 30.6 Å². The third-order valence-corrected chi connectivity index (χ3v) is 6.81. The third-order valence-electron chi connectivity index (χ3n) is 5.58. The van der Waals surface area contributed by atoms with Gasteiger partial charge in [-0.2, -0.15) is 0 Å². The fraction of sp³-hybridized carbons (Fsp3) is 0.292. The highest BCUT2D eigenvalue weighted by molar-refractivity contribution is 7.98. The van der Waals surface area contributed by atoms with Crippen LogP contribution in [0.25, 0.3) is 22.2 Å². The second-order valence-corrected chi connectivity index (χ2v) is 9.18. The van der Waals surface area contributed by atoms with Crippen molar-refractivity contribution in [2.75, 3.05) is 13.7 Å². The molecule has 0 aliphatic carbocycles. The average Bonchev–Trinajstić information content (AvgIpc) is 3.52. The molecule has 7 nitrogen and oxygen atoms in total. The summed E-state index contributed by atoms with van der Waals surface area (Å²) in [5.41, 5.74) is 2.16. The number of nitrogens with zero attached hydrogens (tertiary/aromatic N) is 3. The summed E-state index contributed by atoms with van der Waals surface area (Å²) in [5, 5.41) is 5.88. The molecule has 1 unspecified atom stereocenters. The molecule has 0 spiro atoms. The Labute approximate surface area is 199 Å². The molecule has 33 heavy (non-hydrogen) atoms. The zero-order valence-electron chi connectivity index (χ0n) is 18.0. The molecule has 1 aliphatic rings. The Kier molecular flexibility index (Phi) is 6.39. The molecule has 0 saturated carbocycles. The molecule has 2 aromatic carbocycles. The van der Waals surface area contributed by atoms with Crippen LogP contribution in [0.1, 0.15) is 18.6 Å². The van der Waals surface area contributed by atoms with Crippen LogP contribution in [-0.4, -0.2) is 34.5 Å². The van der Waals surface area contributed by atoms with E-state index in [1.807, 2.05) is 30.3 Å². The SMILES string of the molecule is COc1ccc(-c2cc(CSc3nc4cc(Cl)ccc4c(=O)n3CC3CCCO3)on2)cc1. The van der Waals surface area contributed by atoms with Crippen LogP contribution >= 0.6 is 23.4 Å². The Morgan fingerprint density at radius 3 is 2.82 bits per heavy atom. The number of benzene rings is 2. The summed E-state index contributed by atoms with van der Waals surface area (Å²) in [4.78, 5) is 18.0. The van der Waals surface area contributed by atoms with Gasteiger partial charge in [0.25, 0.3) is 5.56 Å². The molecule has 0 amide bonds. The predicted octanol–water partition coefficient (Wildman–Crippen LogP) is 5.18. The summed E-state index contributed by atoms with van der Waals surface area (Å²) in [7, 11) is 1.63. The minimum Gasteiger partial charge on any atom is -0.497 e. The Balaban J connectivity index is 1.41. The number of hydrogen-bond donors (Lipinski definition) is 0. The van der Waals surface area contributed by atoms with E-state index in [0.717, 1.165) is 36.5 Å². The normalized spacial score (nSPS) is 15.9. The zero-order chi connectivity index (χ0) is 22.8. The van der Waals surface area contributed by atoms with Crippen LogP contribution in [0.5, 0.6) is 5.75 Å². The molecule has 1 saturated heterocycles. The quantitative estimate of drug-likeness (QED) is 0.264. The van der Waals surface area contributed by atoms with E-state index >= 15 is 0 Å². The summed E-state index contributed by atoms with van der Waals surface area (Å²) in [6.45, 7) is 1.20. The van der Waals surface area contributed by atoms with Crippen LogP contribution in [0, 0.1) is 0 Å². The number of ether oxygens (including phenoxy) is 2. The number of halogens is 1. The maximum atomic E-state index is 13.3. The van der Waals surface area contributed by atoms with Crippen molar-refractivity contribution >= 4 is 34.3 Å². The average molecular weight is 484 g/mol. The van der Waals surface area contributed by atoms with Crippen molar-refractivity contribution in [2.45, 2.75) is 36.4 Å². The Morgan fingerprint density at radius 1 is 1.21 bits per heavy atom. The molecule has 4 aromatic rings.